The Morgan fingerprint density at radius 2 is 2.00 bits per heavy atom. The molecule has 0 N–H and O–H groups in total. The molecule has 1 nitrogen and oxygen atoms in total. The SMILES string of the molecule is CC1=C(CC/C(C)=C/C=O)C2(C)CCCC(C)(C)C2CC1. The zero-order valence-electron chi connectivity index (χ0n) is 14.6. The van der Waals surface area contributed by atoms with E-state index in [-0.39, 0.29) is 0 Å². The summed E-state index contributed by atoms with van der Waals surface area (Å²) in [4.78, 5) is 10.6. The molecule has 21 heavy (non-hydrogen) atoms. The van der Waals surface area contributed by atoms with Crippen LogP contribution in [0.3, 0.4) is 0 Å². The third kappa shape index (κ3) is 3.17. The molecule has 0 saturated heterocycles. The second kappa shape index (κ2) is 6.10. The van der Waals surface area contributed by atoms with E-state index in [2.05, 4.69) is 34.6 Å². The Balaban J connectivity index is 2.25. The highest BCUT2D eigenvalue weighted by atomic mass is 16.1. The van der Waals surface area contributed by atoms with Crippen LogP contribution in [-0.4, -0.2) is 6.29 Å². The fourth-order valence-electron chi connectivity index (χ4n) is 5.21. The van der Waals surface area contributed by atoms with Crippen LogP contribution in [0.4, 0.5) is 0 Å². The minimum atomic E-state index is 0.394. The van der Waals surface area contributed by atoms with Gasteiger partial charge >= 0.3 is 0 Å². The van der Waals surface area contributed by atoms with Gasteiger partial charge in [-0.2, -0.15) is 0 Å². The summed E-state index contributed by atoms with van der Waals surface area (Å²) in [6, 6.07) is 0. The minimum Gasteiger partial charge on any atom is -0.299 e. The standard InChI is InChI=1S/C20H32O/c1-15(11-14-21)7-9-17-16(2)8-10-18-19(3,4)12-6-13-20(17,18)5/h11,14,18H,6-10,12-13H2,1-5H3/b15-11+. The van der Waals surface area contributed by atoms with Gasteiger partial charge in [0.25, 0.3) is 0 Å². The average molecular weight is 288 g/mol. The quantitative estimate of drug-likeness (QED) is 0.360. The number of rotatable bonds is 4. The van der Waals surface area contributed by atoms with Crippen molar-refractivity contribution in [3.8, 4) is 0 Å². The molecule has 0 amide bonds. The first-order valence-corrected chi connectivity index (χ1v) is 8.61. The monoisotopic (exact) mass is 288 g/mol. The number of carbonyl (C=O) groups is 1. The van der Waals surface area contributed by atoms with Gasteiger partial charge in [-0.3, -0.25) is 4.79 Å². The largest absolute Gasteiger partial charge is 0.299 e. The summed E-state index contributed by atoms with van der Waals surface area (Å²) in [5, 5.41) is 0. The van der Waals surface area contributed by atoms with E-state index in [1.807, 2.05) is 0 Å². The molecule has 2 unspecified atom stereocenters. The Bertz CT molecular complexity index is 466. The Hall–Kier alpha value is -0.850. The second-order valence-corrected chi connectivity index (χ2v) is 8.26. The van der Waals surface area contributed by atoms with Gasteiger partial charge in [-0.1, -0.05) is 43.9 Å². The molecule has 1 heteroatoms. The van der Waals surface area contributed by atoms with E-state index in [4.69, 9.17) is 0 Å². The Morgan fingerprint density at radius 1 is 1.29 bits per heavy atom. The summed E-state index contributed by atoms with van der Waals surface area (Å²) in [7, 11) is 0. The van der Waals surface area contributed by atoms with Crippen LogP contribution in [0.25, 0.3) is 0 Å². The molecule has 0 aromatic carbocycles. The van der Waals surface area contributed by atoms with Gasteiger partial charge in [0.05, 0.1) is 0 Å². The smallest absolute Gasteiger partial charge is 0.142 e. The summed E-state index contributed by atoms with van der Waals surface area (Å²) < 4.78 is 0. The number of fused-ring (bicyclic) bond motifs is 1. The normalized spacial score (nSPS) is 32.8. The van der Waals surface area contributed by atoms with Crippen LogP contribution in [-0.2, 0) is 4.79 Å². The number of allylic oxidation sites excluding steroid dienone is 4. The van der Waals surface area contributed by atoms with Crippen LogP contribution in [0.5, 0.6) is 0 Å². The molecular weight excluding hydrogens is 256 g/mol. The average Bonchev–Trinajstić information content (AvgIpc) is 2.37. The van der Waals surface area contributed by atoms with Crippen molar-refractivity contribution in [1.29, 1.82) is 0 Å². The lowest BCUT2D eigenvalue weighted by Gasteiger charge is -2.55. The molecule has 1 fully saturated rings. The van der Waals surface area contributed by atoms with Crippen molar-refractivity contribution in [2.75, 3.05) is 0 Å². The van der Waals surface area contributed by atoms with E-state index in [1.165, 1.54) is 37.7 Å². The van der Waals surface area contributed by atoms with Gasteiger partial charge in [-0.25, -0.2) is 0 Å². The van der Waals surface area contributed by atoms with Gasteiger partial charge in [0.1, 0.15) is 6.29 Å². The van der Waals surface area contributed by atoms with Crippen molar-refractivity contribution in [3.63, 3.8) is 0 Å². The summed E-state index contributed by atoms with van der Waals surface area (Å²) in [6.07, 6.45) is 11.6. The summed E-state index contributed by atoms with van der Waals surface area (Å²) >= 11 is 0. The third-order valence-corrected chi connectivity index (χ3v) is 6.36. The Kier molecular flexibility index (Phi) is 4.80. The molecule has 2 aliphatic rings. The summed E-state index contributed by atoms with van der Waals surface area (Å²) in [5.41, 5.74) is 5.43. The van der Waals surface area contributed by atoms with Crippen LogP contribution in [0.2, 0.25) is 0 Å². The molecule has 0 spiro atoms. The van der Waals surface area contributed by atoms with Gasteiger partial charge in [0.15, 0.2) is 0 Å². The van der Waals surface area contributed by atoms with Crippen molar-refractivity contribution in [3.05, 3.63) is 22.8 Å². The van der Waals surface area contributed by atoms with Gasteiger partial charge in [0, 0.05) is 0 Å². The zero-order valence-corrected chi connectivity index (χ0v) is 14.6. The first kappa shape index (κ1) is 16.5. The molecule has 2 rings (SSSR count). The molecule has 118 valence electrons. The Labute approximate surface area is 130 Å². The fraction of sp³-hybridized carbons (Fsp3) is 0.750. The summed E-state index contributed by atoms with van der Waals surface area (Å²) in [5.74, 6) is 0.827. The Morgan fingerprint density at radius 3 is 2.67 bits per heavy atom. The second-order valence-electron chi connectivity index (χ2n) is 8.26. The first-order chi connectivity index (χ1) is 9.81. The van der Waals surface area contributed by atoms with Crippen molar-refractivity contribution in [2.45, 2.75) is 79.6 Å². The van der Waals surface area contributed by atoms with E-state index in [0.717, 1.165) is 25.0 Å². The molecular formula is C20H32O. The van der Waals surface area contributed by atoms with E-state index in [0.29, 0.717) is 10.8 Å². The van der Waals surface area contributed by atoms with Crippen LogP contribution < -0.4 is 0 Å². The van der Waals surface area contributed by atoms with Crippen molar-refractivity contribution < 1.29 is 4.79 Å². The van der Waals surface area contributed by atoms with Gasteiger partial charge in [-0.15, -0.1) is 0 Å². The summed E-state index contributed by atoms with van der Waals surface area (Å²) in [6.45, 7) is 11.9. The van der Waals surface area contributed by atoms with Crippen LogP contribution in [0, 0.1) is 16.7 Å². The molecule has 2 aliphatic carbocycles. The zero-order chi connectivity index (χ0) is 15.7. The van der Waals surface area contributed by atoms with Crippen LogP contribution in [0.1, 0.15) is 79.6 Å². The van der Waals surface area contributed by atoms with Crippen molar-refractivity contribution in [2.24, 2.45) is 16.7 Å². The molecule has 0 heterocycles. The number of carbonyl (C=O) groups excluding carboxylic acids is 1. The molecule has 2 atom stereocenters. The molecule has 1 saturated carbocycles. The lowest BCUT2D eigenvalue weighted by atomic mass is 9.50. The maximum atomic E-state index is 10.6. The van der Waals surface area contributed by atoms with Crippen molar-refractivity contribution >= 4 is 6.29 Å². The maximum Gasteiger partial charge on any atom is 0.142 e. The number of hydrogen-bond donors (Lipinski definition) is 0. The lowest BCUT2D eigenvalue weighted by molar-refractivity contribution is -0.104. The highest BCUT2D eigenvalue weighted by Gasteiger charge is 2.49. The molecule has 0 radical (unpaired) electrons. The molecule has 0 aliphatic heterocycles. The predicted molar refractivity (Wildman–Crippen MR) is 90.2 cm³/mol. The molecule has 0 aromatic rings. The van der Waals surface area contributed by atoms with E-state index < -0.39 is 0 Å². The topological polar surface area (TPSA) is 17.1 Å². The van der Waals surface area contributed by atoms with Crippen LogP contribution in [0.15, 0.2) is 22.8 Å². The van der Waals surface area contributed by atoms with E-state index in [9.17, 15) is 4.79 Å². The molecule has 0 aromatic heterocycles. The van der Waals surface area contributed by atoms with E-state index in [1.54, 1.807) is 17.2 Å². The van der Waals surface area contributed by atoms with E-state index >= 15 is 0 Å². The van der Waals surface area contributed by atoms with Crippen molar-refractivity contribution in [1.82, 2.24) is 0 Å². The number of hydrogen-bond acceptors (Lipinski definition) is 1. The lowest BCUT2D eigenvalue weighted by Crippen LogP contribution is -2.45. The predicted octanol–water partition coefficient (Wildman–Crippen LogP) is 5.85. The van der Waals surface area contributed by atoms with Crippen LogP contribution >= 0.6 is 0 Å². The number of aldehydes is 1. The van der Waals surface area contributed by atoms with Gasteiger partial charge < -0.3 is 0 Å². The maximum absolute atomic E-state index is 10.6. The van der Waals surface area contributed by atoms with Gasteiger partial charge in [0.2, 0.25) is 0 Å². The van der Waals surface area contributed by atoms with Gasteiger partial charge in [-0.05, 0) is 75.2 Å². The fourth-order valence-corrected chi connectivity index (χ4v) is 5.21. The third-order valence-electron chi connectivity index (χ3n) is 6.36. The highest BCUT2D eigenvalue weighted by Crippen LogP contribution is 2.60. The highest BCUT2D eigenvalue weighted by molar-refractivity contribution is 5.65. The molecule has 0 bridgehead atoms. The minimum absolute atomic E-state index is 0.394. The first-order valence-electron chi connectivity index (χ1n) is 8.61.